The van der Waals surface area contributed by atoms with Crippen LogP contribution in [0.2, 0.25) is 0 Å². The molecular weight excluding hydrogens is 356 g/mol. The zero-order valence-corrected chi connectivity index (χ0v) is 16.6. The van der Waals surface area contributed by atoms with Crippen molar-refractivity contribution >= 4 is 23.5 Å². The number of anilines is 2. The normalized spacial score (nSPS) is 10.4. The lowest BCUT2D eigenvalue weighted by molar-refractivity contribution is -0.124. The second-order valence-corrected chi connectivity index (χ2v) is 6.61. The van der Waals surface area contributed by atoms with Crippen LogP contribution in [-0.2, 0) is 9.59 Å². The predicted molar refractivity (Wildman–Crippen MR) is 111 cm³/mol. The van der Waals surface area contributed by atoms with Crippen LogP contribution >= 0.6 is 0 Å². The number of hydrogen-bond acceptors (Lipinski definition) is 6. The van der Waals surface area contributed by atoms with Gasteiger partial charge >= 0.3 is 0 Å². The Morgan fingerprint density at radius 1 is 0.893 bits per heavy atom. The molecule has 0 saturated carbocycles. The summed E-state index contributed by atoms with van der Waals surface area (Å²) in [6.07, 6.45) is 0. The molecule has 4 N–H and O–H groups in total. The third kappa shape index (κ3) is 7.22. The van der Waals surface area contributed by atoms with Crippen molar-refractivity contribution in [3.63, 3.8) is 0 Å². The Labute approximate surface area is 165 Å². The summed E-state index contributed by atoms with van der Waals surface area (Å²) < 4.78 is 0. The average Bonchev–Trinajstić information content (AvgIpc) is 2.68. The lowest BCUT2D eigenvalue weighted by Crippen LogP contribution is -2.32. The number of benzene rings is 1. The van der Waals surface area contributed by atoms with E-state index < -0.39 is 0 Å². The lowest BCUT2D eigenvalue weighted by Gasteiger charge is -2.12. The number of hydrogen-bond donors (Lipinski definition) is 4. The maximum absolute atomic E-state index is 11.6. The molecule has 0 bridgehead atoms. The van der Waals surface area contributed by atoms with Crippen molar-refractivity contribution in [2.75, 3.05) is 36.8 Å². The third-order valence-corrected chi connectivity index (χ3v) is 3.82. The molecule has 1 aromatic carbocycles. The highest BCUT2D eigenvalue weighted by molar-refractivity contribution is 5.77. The number of nitrogens with one attached hydrogen (secondary N) is 4. The van der Waals surface area contributed by atoms with E-state index in [1.165, 1.54) is 6.92 Å². The fourth-order valence-electron chi connectivity index (χ4n) is 2.35. The topological polar surface area (TPSA) is 108 Å². The zero-order valence-electron chi connectivity index (χ0n) is 16.6. The summed E-state index contributed by atoms with van der Waals surface area (Å²) in [4.78, 5) is 31.7. The van der Waals surface area contributed by atoms with Crippen molar-refractivity contribution in [3.05, 3.63) is 36.4 Å². The van der Waals surface area contributed by atoms with Gasteiger partial charge in [-0.05, 0) is 0 Å². The van der Waals surface area contributed by atoms with Crippen molar-refractivity contribution in [2.24, 2.45) is 5.92 Å². The highest BCUT2D eigenvalue weighted by atomic mass is 16.2. The first kappa shape index (κ1) is 21.1. The van der Waals surface area contributed by atoms with Crippen LogP contribution in [0.1, 0.15) is 20.8 Å². The van der Waals surface area contributed by atoms with Gasteiger partial charge in [-0.3, -0.25) is 9.59 Å². The molecule has 0 aliphatic heterocycles. The predicted octanol–water partition coefficient (Wildman–Crippen LogP) is 1.88. The van der Waals surface area contributed by atoms with Gasteiger partial charge in [0, 0.05) is 50.7 Å². The Kier molecular flexibility index (Phi) is 8.20. The second kappa shape index (κ2) is 10.9. The van der Waals surface area contributed by atoms with E-state index in [2.05, 4.69) is 31.2 Å². The highest BCUT2D eigenvalue weighted by Crippen LogP contribution is 2.19. The molecule has 0 atom stereocenters. The summed E-state index contributed by atoms with van der Waals surface area (Å²) in [6.45, 7) is 7.31. The smallest absolute Gasteiger partial charge is 0.222 e. The summed E-state index contributed by atoms with van der Waals surface area (Å²) in [5, 5.41) is 12.0. The molecule has 0 spiro atoms. The van der Waals surface area contributed by atoms with Crippen LogP contribution < -0.4 is 21.3 Å². The lowest BCUT2D eigenvalue weighted by atomic mass is 10.2. The van der Waals surface area contributed by atoms with Gasteiger partial charge in [0.05, 0.1) is 0 Å². The molecule has 0 radical (unpaired) electrons. The monoisotopic (exact) mass is 384 g/mol. The Balaban J connectivity index is 2.04. The number of carbonyl (C=O) groups excluding carboxylic acids is 2. The van der Waals surface area contributed by atoms with Crippen molar-refractivity contribution in [1.82, 2.24) is 20.6 Å². The van der Waals surface area contributed by atoms with Crippen LogP contribution in [0.4, 0.5) is 11.6 Å². The van der Waals surface area contributed by atoms with Gasteiger partial charge in [-0.1, -0.05) is 44.2 Å². The fourth-order valence-corrected chi connectivity index (χ4v) is 2.35. The highest BCUT2D eigenvalue weighted by Gasteiger charge is 2.08. The van der Waals surface area contributed by atoms with Crippen molar-refractivity contribution in [2.45, 2.75) is 20.8 Å². The van der Waals surface area contributed by atoms with Crippen LogP contribution in [0.15, 0.2) is 36.4 Å². The van der Waals surface area contributed by atoms with Crippen LogP contribution in [0.5, 0.6) is 0 Å². The third-order valence-electron chi connectivity index (χ3n) is 3.82. The van der Waals surface area contributed by atoms with Gasteiger partial charge in [-0.15, -0.1) is 0 Å². The molecule has 0 saturated heterocycles. The Morgan fingerprint density at radius 2 is 1.46 bits per heavy atom. The van der Waals surface area contributed by atoms with Gasteiger partial charge in [0.15, 0.2) is 5.82 Å². The van der Waals surface area contributed by atoms with E-state index in [1.807, 2.05) is 50.2 Å². The van der Waals surface area contributed by atoms with Crippen LogP contribution in [0, 0.1) is 5.92 Å². The van der Waals surface area contributed by atoms with Crippen LogP contribution in [-0.4, -0.2) is 48.0 Å². The van der Waals surface area contributed by atoms with Crippen LogP contribution in [0.3, 0.4) is 0 Å². The van der Waals surface area contributed by atoms with E-state index in [-0.39, 0.29) is 17.7 Å². The minimum Gasteiger partial charge on any atom is -0.368 e. The first-order valence-electron chi connectivity index (χ1n) is 9.40. The Morgan fingerprint density at radius 3 is 2.00 bits per heavy atom. The molecular formula is C20H28N6O2. The molecule has 8 nitrogen and oxygen atoms in total. The number of amides is 2. The SMILES string of the molecule is CC(=O)NCCNc1cc(NCCNC(=O)C(C)C)nc(-c2ccccc2)n1. The summed E-state index contributed by atoms with van der Waals surface area (Å²) in [7, 11) is 0. The molecule has 1 heterocycles. The maximum atomic E-state index is 11.6. The molecule has 0 aliphatic carbocycles. The summed E-state index contributed by atoms with van der Waals surface area (Å²) in [5.41, 5.74) is 0.907. The van der Waals surface area contributed by atoms with Crippen molar-refractivity contribution in [3.8, 4) is 11.4 Å². The molecule has 2 aromatic rings. The van der Waals surface area contributed by atoms with Gasteiger partial charge in [-0.25, -0.2) is 9.97 Å². The summed E-state index contributed by atoms with van der Waals surface area (Å²) in [5.74, 6) is 1.83. The first-order valence-corrected chi connectivity index (χ1v) is 9.40. The quantitative estimate of drug-likeness (QED) is 0.466. The van der Waals surface area contributed by atoms with Crippen molar-refractivity contribution < 1.29 is 9.59 Å². The van der Waals surface area contributed by atoms with Gasteiger partial charge in [-0.2, -0.15) is 0 Å². The zero-order chi connectivity index (χ0) is 20.4. The van der Waals surface area contributed by atoms with E-state index in [9.17, 15) is 9.59 Å². The molecule has 150 valence electrons. The molecule has 8 heteroatoms. The molecule has 0 fully saturated rings. The van der Waals surface area contributed by atoms with Gasteiger partial charge < -0.3 is 21.3 Å². The van der Waals surface area contributed by atoms with Gasteiger partial charge in [0.25, 0.3) is 0 Å². The fraction of sp³-hybridized carbons (Fsp3) is 0.400. The molecule has 2 amide bonds. The Hall–Kier alpha value is -3.16. The standard InChI is InChI=1S/C20H28N6O2/c1-14(2)20(28)24-12-11-23-18-13-17(22-10-9-21-15(3)27)25-19(26-18)16-7-5-4-6-8-16/h4-8,13-14H,9-12H2,1-3H3,(H,21,27)(H,24,28)(H2,22,23,25,26). The summed E-state index contributed by atoms with van der Waals surface area (Å²) >= 11 is 0. The second-order valence-electron chi connectivity index (χ2n) is 6.61. The van der Waals surface area contributed by atoms with E-state index in [1.54, 1.807) is 0 Å². The summed E-state index contributed by atoms with van der Waals surface area (Å²) in [6, 6.07) is 11.5. The average molecular weight is 384 g/mol. The Bertz CT molecular complexity index is 780. The van der Waals surface area contributed by atoms with E-state index in [0.29, 0.717) is 43.6 Å². The van der Waals surface area contributed by atoms with Gasteiger partial charge in [0.1, 0.15) is 11.6 Å². The number of carbonyl (C=O) groups is 2. The van der Waals surface area contributed by atoms with E-state index in [0.717, 1.165) is 5.56 Å². The van der Waals surface area contributed by atoms with E-state index in [4.69, 9.17) is 0 Å². The van der Waals surface area contributed by atoms with Crippen molar-refractivity contribution in [1.29, 1.82) is 0 Å². The van der Waals surface area contributed by atoms with Gasteiger partial charge in [0.2, 0.25) is 11.8 Å². The molecule has 0 unspecified atom stereocenters. The minimum atomic E-state index is -0.0692. The molecule has 1 aromatic heterocycles. The number of aromatic nitrogens is 2. The molecule has 0 aliphatic rings. The molecule has 2 rings (SSSR count). The number of rotatable bonds is 10. The minimum absolute atomic E-state index is 0.0230. The maximum Gasteiger partial charge on any atom is 0.222 e. The van der Waals surface area contributed by atoms with E-state index >= 15 is 0 Å². The molecule has 28 heavy (non-hydrogen) atoms. The van der Waals surface area contributed by atoms with Crippen LogP contribution in [0.25, 0.3) is 11.4 Å². The number of nitrogens with zero attached hydrogens (tertiary/aromatic N) is 2. The largest absolute Gasteiger partial charge is 0.368 e. The first-order chi connectivity index (χ1) is 13.5.